The summed E-state index contributed by atoms with van der Waals surface area (Å²) >= 11 is 26.1. The van der Waals surface area contributed by atoms with Gasteiger partial charge in [-0.1, -0.05) is 131 Å². The summed E-state index contributed by atoms with van der Waals surface area (Å²) in [6.45, 7) is 5.41. The van der Waals surface area contributed by atoms with Crippen molar-refractivity contribution in [2.75, 3.05) is 62.3 Å². The molecule has 492 valence electrons. The van der Waals surface area contributed by atoms with Gasteiger partial charge in [-0.15, -0.1) is 0 Å². The largest absolute Gasteiger partial charge is 0.465 e. The van der Waals surface area contributed by atoms with Crippen molar-refractivity contribution >= 4 is 92.6 Å². The molecule has 10 heterocycles. The second kappa shape index (κ2) is 27.1. The molecule has 8 unspecified atom stereocenters. The van der Waals surface area contributed by atoms with Gasteiger partial charge in [-0.2, -0.15) is 10.2 Å². The summed E-state index contributed by atoms with van der Waals surface area (Å²) in [5.74, 6) is 3.80. The van der Waals surface area contributed by atoms with E-state index in [1.807, 2.05) is 100 Å². The van der Waals surface area contributed by atoms with Crippen LogP contribution in [-0.4, -0.2) is 134 Å². The van der Waals surface area contributed by atoms with Crippen molar-refractivity contribution in [3.05, 3.63) is 189 Å². The van der Waals surface area contributed by atoms with Gasteiger partial charge in [0.25, 0.3) is 0 Å². The quantitative estimate of drug-likeness (QED) is 0.0913. The van der Waals surface area contributed by atoms with E-state index in [0.29, 0.717) is 123 Å². The molecule has 6 aromatic heterocycles. The van der Waals surface area contributed by atoms with Crippen molar-refractivity contribution < 1.29 is 28.9 Å². The number of anilines is 2. The molecule has 8 atom stereocenters. The number of benzene rings is 4. The van der Waals surface area contributed by atoms with E-state index in [4.69, 9.17) is 90.7 Å². The minimum Gasteiger partial charge on any atom is -0.465 e. The average molecular weight is 1370 g/mol. The van der Waals surface area contributed by atoms with E-state index in [1.54, 1.807) is 55.4 Å². The normalized spacial score (nSPS) is 23.5. The highest BCUT2D eigenvalue weighted by atomic mass is 35.5. The summed E-state index contributed by atoms with van der Waals surface area (Å²) in [6.07, 6.45) is 16.2. The van der Waals surface area contributed by atoms with Crippen molar-refractivity contribution in [1.29, 1.82) is 0 Å². The third-order valence-corrected chi connectivity index (χ3v) is 21.6. The molecule has 26 heteroatoms. The molecule has 0 spiro atoms. The average Bonchev–Trinajstić information content (AvgIpc) is 1.53. The van der Waals surface area contributed by atoms with Crippen LogP contribution in [0, 0.1) is 23.7 Å². The fourth-order valence-electron chi connectivity index (χ4n) is 15.1. The number of piperidine rings is 2. The number of carbonyl (C=O) groups excluding carboxylic acids is 1. The first-order valence-electron chi connectivity index (χ1n) is 32.6. The maximum Gasteiger partial charge on any atom is 0.407 e. The minimum absolute atomic E-state index is 0.135. The zero-order chi connectivity index (χ0) is 65.5. The maximum atomic E-state index is 12.8. The second-order valence-corrected chi connectivity index (χ2v) is 27.0. The molecule has 2 aliphatic carbocycles. The smallest absolute Gasteiger partial charge is 0.407 e. The van der Waals surface area contributed by atoms with Crippen LogP contribution < -0.4 is 15.1 Å². The molecule has 10 aromatic rings. The Labute approximate surface area is 573 Å². The number of rotatable bonds is 16. The van der Waals surface area contributed by atoms with Gasteiger partial charge in [0.15, 0.2) is 23.8 Å². The highest BCUT2D eigenvalue weighted by Crippen LogP contribution is 2.64. The van der Waals surface area contributed by atoms with Crippen molar-refractivity contribution in [1.82, 2.24) is 69.6 Å². The van der Waals surface area contributed by atoms with E-state index < -0.39 is 23.0 Å². The number of carbonyl (C=O) groups is 2. The van der Waals surface area contributed by atoms with Crippen LogP contribution in [0.15, 0.2) is 146 Å². The molecule has 96 heavy (non-hydrogen) atoms. The topological polar surface area (TPSA) is 243 Å². The maximum absolute atomic E-state index is 12.8. The van der Waals surface area contributed by atoms with Crippen LogP contribution in [0.25, 0.3) is 44.8 Å². The predicted octanol–water partition coefficient (Wildman–Crippen LogP) is 13.5. The Kier molecular flexibility index (Phi) is 17.9. The van der Waals surface area contributed by atoms with E-state index in [9.17, 15) is 14.7 Å². The van der Waals surface area contributed by atoms with Crippen LogP contribution in [0.3, 0.4) is 0 Å². The first-order chi connectivity index (χ1) is 47.0. The summed E-state index contributed by atoms with van der Waals surface area (Å²) in [7, 11) is 0. The number of ether oxygens (including phenoxy) is 3. The number of hydrogen-bond donors (Lipinski definition) is 2. The predicted molar refractivity (Wildman–Crippen MR) is 364 cm³/mol. The molecule has 4 saturated heterocycles. The number of alkyl carbamates (subject to hydrolysis) is 1. The Hall–Kier alpha value is -8.64. The monoisotopic (exact) mass is 1370 g/mol. The fourth-order valence-corrected chi connectivity index (χ4v) is 15.9. The summed E-state index contributed by atoms with van der Waals surface area (Å²) in [5.41, 5.74) is 6.12. The molecule has 0 radical (unpaired) electrons. The van der Waals surface area contributed by atoms with Gasteiger partial charge in [0, 0.05) is 94.9 Å². The lowest BCUT2D eigenvalue weighted by molar-refractivity contribution is -0.0369. The molecule has 2 saturated carbocycles. The third kappa shape index (κ3) is 12.2. The van der Waals surface area contributed by atoms with Crippen molar-refractivity contribution in [2.45, 2.75) is 87.8 Å². The lowest BCUT2D eigenvalue weighted by atomic mass is 9.98. The van der Waals surface area contributed by atoms with Gasteiger partial charge in [0.05, 0.1) is 43.3 Å². The van der Waals surface area contributed by atoms with E-state index in [2.05, 4.69) is 35.1 Å². The number of nitrogens with zero attached hydrogens (tertiary/aromatic N) is 15. The first-order valence-corrected chi connectivity index (χ1v) is 34.1. The third-order valence-electron chi connectivity index (χ3n) is 20.0. The molecule has 22 nitrogen and oxygen atoms in total. The highest BCUT2D eigenvalue weighted by Gasteiger charge is 2.70. The Balaban J connectivity index is 0.000000158. The van der Waals surface area contributed by atoms with Crippen molar-refractivity contribution in [3.8, 4) is 22.5 Å². The van der Waals surface area contributed by atoms with Gasteiger partial charge in [0.2, 0.25) is 0 Å². The molecular formula is C70H68Cl4N16O6. The van der Waals surface area contributed by atoms with Crippen molar-refractivity contribution in [2.24, 2.45) is 23.7 Å². The summed E-state index contributed by atoms with van der Waals surface area (Å²) in [6, 6.07) is 33.9. The molecule has 6 aliphatic rings. The molecule has 2 amide bonds. The number of carboxylic acid groups (broad SMARTS) is 1. The molecule has 2 N–H and O–H groups in total. The van der Waals surface area contributed by atoms with E-state index in [-0.39, 0.29) is 36.8 Å². The zero-order valence-electron chi connectivity index (χ0n) is 52.3. The fraction of sp³-hybridized carbons (Fsp3) is 0.371. The Morgan fingerprint density at radius 1 is 0.573 bits per heavy atom. The number of aromatic nitrogens is 12. The standard InChI is InChI=1S/2C35H34Cl2N8O3/c36-26-11-6-10-23(29(26)37)30-31-32(45(43-30)28-12-4-5-17-47-28)42-27(18-40-31)44-16-13-24-25(19-44)35(24,33-38-14-7-15-39-33)21-41-34(46)48-20-22-8-2-1-3-9-22;36-26-11-6-10-23(29(26)37)30-31-32(45(42-30)28-12-4-5-17-48-28)41-27(18-40-31)43-16-13-24-25(20-43)35(24,33-38-14-7-15-39-33)21-44(34(46)47)19-22-8-2-1-3-9-22/h1-3,6-11,14-15,18,24-25,28H,4-5,12-13,16-17,19-21H2,(H,41,46);1-3,6-11,14-15,18,24-25,28H,4-5,12-13,16-17,19-21H2,(H,46,47). The van der Waals surface area contributed by atoms with Gasteiger partial charge in [-0.3, -0.25) is 0 Å². The lowest BCUT2D eigenvalue weighted by Gasteiger charge is -2.28. The SMILES string of the molecule is O=C(NCC1(c2ncccn2)C2CCN(c3cnc4c(-c5cccc(Cl)c5Cl)nn(C5CCCCO5)c4n3)CC21)OCc1ccccc1.O=C(O)N(Cc1ccccc1)CC1(c2ncccn2)C2CCN(c3cnc4c(-c5cccc(Cl)c5Cl)nn(C5CCCCO5)c4n3)CC21. The molecular weight excluding hydrogens is 1300 g/mol. The number of halogens is 4. The summed E-state index contributed by atoms with van der Waals surface area (Å²) in [5, 5.41) is 25.0. The Morgan fingerprint density at radius 3 is 1.56 bits per heavy atom. The Morgan fingerprint density at radius 2 is 1.06 bits per heavy atom. The molecule has 4 aromatic carbocycles. The van der Waals surface area contributed by atoms with Crippen LogP contribution in [0.2, 0.25) is 20.1 Å². The number of fused-ring (bicyclic) bond motifs is 4. The van der Waals surface area contributed by atoms with Crippen LogP contribution in [0.1, 0.15) is 86.6 Å². The molecule has 6 fully saturated rings. The van der Waals surface area contributed by atoms with E-state index >= 15 is 0 Å². The number of amides is 2. The van der Waals surface area contributed by atoms with Gasteiger partial charge < -0.3 is 39.3 Å². The Bertz CT molecular complexity index is 4460. The van der Waals surface area contributed by atoms with Crippen LogP contribution in [0.4, 0.5) is 21.2 Å². The summed E-state index contributed by atoms with van der Waals surface area (Å²) < 4.78 is 21.5. The number of hydrogen-bond acceptors (Lipinski definition) is 17. The lowest BCUT2D eigenvalue weighted by Crippen LogP contribution is -2.39. The highest BCUT2D eigenvalue weighted by molar-refractivity contribution is 6.44. The second-order valence-electron chi connectivity index (χ2n) is 25.4. The molecule has 4 aliphatic heterocycles. The van der Waals surface area contributed by atoms with Crippen LogP contribution in [-0.2, 0) is 38.2 Å². The zero-order valence-corrected chi connectivity index (χ0v) is 55.3. The summed E-state index contributed by atoms with van der Waals surface area (Å²) in [4.78, 5) is 70.2. The first kappa shape index (κ1) is 63.4. The van der Waals surface area contributed by atoms with Crippen molar-refractivity contribution in [3.63, 3.8) is 0 Å². The van der Waals surface area contributed by atoms with Crippen LogP contribution >= 0.6 is 46.4 Å². The molecule has 16 rings (SSSR count). The van der Waals surface area contributed by atoms with Gasteiger partial charge in [-0.05, 0) is 110 Å². The number of nitrogens with one attached hydrogen (secondary N) is 1. The van der Waals surface area contributed by atoms with E-state index in [1.165, 1.54) is 4.90 Å². The van der Waals surface area contributed by atoms with Gasteiger partial charge in [-0.25, -0.2) is 58.8 Å². The van der Waals surface area contributed by atoms with Crippen LogP contribution in [0.5, 0.6) is 0 Å². The van der Waals surface area contributed by atoms with E-state index in [0.717, 1.165) is 93.0 Å². The molecule has 0 bridgehead atoms. The van der Waals surface area contributed by atoms with Gasteiger partial charge >= 0.3 is 12.2 Å². The minimum atomic E-state index is -0.959. The van der Waals surface area contributed by atoms with Gasteiger partial charge in [0.1, 0.15) is 52.3 Å².